The summed E-state index contributed by atoms with van der Waals surface area (Å²) < 4.78 is 5.02. The van der Waals surface area contributed by atoms with Crippen molar-refractivity contribution < 1.29 is 4.52 Å². The minimum absolute atomic E-state index is 0.443. The van der Waals surface area contributed by atoms with Gasteiger partial charge >= 0.3 is 0 Å². The largest absolute Gasteiger partial charge is 0.393 e. The molecule has 0 unspecified atom stereocenters. The van der Waals surface area contributed by atoms with Gasteiger partial charge in [-0.15, -0.1) is 0 Å². The van der Waals surface area contributed by atoms with Gasteiger partial charge in [0, 0.05) is 12.1 Å². The zero-order chi connectivity index (χ0) is 14.7. The maximum Gasteiger partial charge on any atom is 0.175 e. The minimum atomic E-state index is 0.443. The average molecular weight is 288 g/mol. The average Bonchev–Trinajstić information content (AvgIpc) is 2.90. The van der Waals surface area contributed by atoms with Gasteiger partial charge in [-0.3, -0.25) is 0 Å². The number of hydrogen-bond donors (Lipinski definition) is 3. The van der Waals surface area contributed by atoms with Gasteiger partial charge in [0.2, 0.25) is 0 Å². The molecule has 0 saturated heterocycles. The minimum Gasteiger partial charge on any atom is -0.393 e. The summed E-state index contributed by atoms with van der Waals surface area (Å²) in [5, 5.41) is 10.3. The molecular formula is C14H20N6O. The fourth-order valence-corrected chi connectivity index (χ4v) is 2.60. The van der Waals surface area contributed by atoms with Crippen LogP contribution in [-0.4, -0.2) is 21.2 Å². The zero-order valence-electron chi connectivity index (χ0n) is 12.1. The van der Waals surface area contributed by atoms with Gasteiger partial charge in [0.1, 0.15) is 17.8 Å². The standard InChI is InChI=1S/C14H20N6O/c1-9-7-11(20-21-9)19-14-12(15)13(16-8-17-14)18-10-5-3-2-4-6-10/h7-8,10H,2-6,15H2,1H3,(H2,16,17,18,19,20). The van der Waals surface area contributed by atoms with Gasteiger partial charge in [0.15, 0.2) is 17.5 Å². The van der Waals surface area contributed by atoms with Crippen molar-refractivity contribution in [2.45, 2.75) is 45.1 Å². The number of aromatic nitrogens is 3. The highest BCUT2D eigenvalue weighted by atomic mass is 16.5. The Labute approximate surface area is 123 Å². The van der Waals surface area contributed by atoms with E-state index in [9.17, 15) is 0 Å². The number of nitrogens with two attached hydrogens (primary N) is 1. The lowest BCUT2D eigenvalue weighted by molar-refractivity contribution is 0.400. The van der Waals surface area contributed by atoms with Gasteiger partial charge in [-0.05, 0) is 19.8 Å². The molecule has 0 atom stereocenters. The molecule has 1 aliphatic rings. The van der Waals surface area contributed by atoms with Crippen molar-refractivity contribution in [3.05, 3.63) is 18.2 Å². The molecule has 0 aliphatic heterocycles. The van der Waals surface area contributed by atoms with Crippen molar-refractivity contribution in [3.8, 4) is 0 Å². The topological polar surface area (TPSA) is 102 Å². The first kappa shape index (κ1) is 13.7. The predicted molar refractivity (Wildman–Crippen MR) is 81.5 cm³/mol. The third kappa shape index (κ3) is 3.24. The molecule has 21 heavy (non-hydrogen) atoms. The van der Waals surface area contributed by atoms with E-state index in [4.69, 9.17) is 10.3 Å². The molecule has 3 rings (SSSR count). The van der Waals surface area contributed by atoms with Crippen LogP contribution in [0.5, 0.6) is 0 Å². The number of nitrogens with zero attached hydrogens (tertiary/aromatic N) is 3. The van der Waals surface area contributed by atoms with Gasteiger partial charge in [-0.25, -0.2) is 9.97 Å². The monoisotopic (exact) mass is 288 g/mol. The number of anilines is 4. The van der Waals surface area contributed by atoms with E-state index >= 15 is 0 Å². The third-order valence-corrected chi connectivity index (χ3v) is 3.70. The molecule has 1 aliphatic carbocycles. The van der Waals surface area contributed by atoms with Crippen molar-refractivity contribution in [2.24, 2.45) is 0 Å². The second-order valence-electron chi connectivity index (χ2n) is 5.41. The smallest absolute Gasteiger partial charge is 0.175 e. The molecule has 0 bridgehead atoms. The molecule has 0 radical (unpaired) electrons. The van der Waals surface area contributed by atoms with Gasteiger partial charge < -0.3 is 20.9 Å². The fourth-order valence-electron chi connectivity index (χ4n) is 2.60. The quantitative estimate of drug-likeness (QED) is 0.795. The van der Waals surface area contributed by atoms with Crippen molar-refractivity contribution in [1.29, 1.82) is 0 Å². The molecule has 2 aromatic heterocycles. The molecule has 0 aromatic carbocycles. The van der Waals surface area contributed by atoms with Crippen LogP contribution in [0.15, 0.2) is 16.9 Å². The summed E-state index contributed by atoms with van der Waals surface area (Å²) in [6.45, 7) is 1.83. The van der Waals surface area contributed by atoms with Crippen LogP contribution in [0.25, 0.3) is 0 Å². The molecule has 7 nitrogen and oxygen atoms in total. The Morgan fingerprint density at radius 2 is 1.95 bits per heavy atom. The van der Waals surface area contributed by atoms with Crippen LogP contribution < -0.4 is 16.4 Å². The van der Waals surface area contributed by atoms with E-state index in [0.717, 1.165) is 18.6 Å². The molecule has 2 heterocycles. The number of rotatable bonds is 4. The normalized spacial score (nSPS) is 15.9. The van der Waals surface area contributed by atoms with Crippen molar-refractivity contribution >= 4 is 23.1 Å². The summed E-state index contributed by atoms with van der Waals surface area (Å²) in [5.41, 5.74) is 6.65. The summed E-state index contributed by atoms with van der Waals surface area (Å²) >= 11 is 0. The Hall–Kier alpha value is -2.31. The van der Waals surface area contributed by atoms with E-state index in [1.807, 2.05) is 6.92 Å². The van der Waals surface area contributed by atoms with Crippen LogP contribution in [0, 0.1) is 6.92 Å². The van der Waals surface area contributed by atoms with Crippen LogP contribution in [-0.2, 0) is 0 Å². The number of nitrogen functional groups attached to an aromatic ring is 1. The Bertz CT molecular complexity index is 605. The zero-order valence-corrected chi connectivity index (χ0v) is 12.1. The van der Waals surface area contributed by atoms with E-state index in [-0.39, 0.29) is 0 Å². The van der Waals surface area contributed by atoms with E-state index in [1.165, 1.54) is 25.6 Å². The molecule has 1 fully saturated rings. The number of hydrogen-bond acceptors (Lipinski definition) is 7. The van der Waals surface area contributed by atoms with Gasteiger partial charge in [-0.2, -0.15) is 0 Å². The summed E-state index contributed by atoms with van der Waals surface area (Å²) in [6.07, 6.45) is 7.65. The highest BCUT2D eigenvalue weighted by molar-refractivity contribution is 5.76. The van der Waals surface area contributed by atoms with Gasteiger partial charge in [0.05, 0.1) is 0 Å². The molecular weight excluding hydrogens is 268 g/mol. The van der Waals surface area contributed by atoms with E-state index < -0.39 is 0 Å². The lowest BCUT2D eigenvalue weighted by Gasteiger charge is -2.24. The molecule has 2 aromatic rings. The van der Waals surface area contributed by atoms with E-state index in [2.05, 4.69) is 25.8 Å². The number of aryl methyl sites for hydroxylation is 1. The maximum absolute atomic E-state index is 6.15. The second kappa shape index (κ2) is 5.99. The Morgan fingerprint density at radius 3 is 2.67 bits per heavy atom. The predicted octanol–water partition coefficient (Wildman–Crippen LogP) is 2.84. The molecule has 0 spiro atoms. The van der Waals surface area contributed by atoms with Crippen LogP contribution >= 0.6 is 0 Å². The SMILES string of the molecule is Cc1cc(Nc2ncnc(NC3CCCCC3)c2N)no1. The summed E-state index contributed by atoms with van der Waals surface area (Å²) in [6, 6.07) is 2.23. The Morgan fingerprint density at radius 1 is 1.19 bits per heavy atom. The molecule has 112 valence electrons. The lowest BCUT2D eigenvalue weighted by atomic mass is 9.95. The van der Waals surface area contributed by atoms with Crippen LogP contribution in [0.2, 0.25) is 0 Å². The van der Waals surface area contributed by atoms with Crippen molar-refractivity contribution in [2.75, 3.05) is 16.4 Å². The lowest BCUT2D eigenvalue weighted by Crippen LogP contribution is -2.23. The van der Waals surface area contributed by atoms with E-state index in [1.54, 1.807) is 6.07 Å². The maximum atomic E-state index is 6.15. The van der Waals surface area contributed by atoms with E-state index in [0.29, 0.717) is 29.2 Å². The molecule has 7 heteroatoms. The highest BCUT2D eigenvalue weighted by Crippen LogP contribution is 2.28. The summed E-state index contributed by atoms with van der Waals surface area (Å²) in [7, 11) is 0. The molecule has 4 N–H and O–H groups in total. The first-order valence-electron chi connectivity index (χ1n) is 7.30. The summed E-state index contributed by atoms with van der Waals surface area (Å²) in [5.74, 6) is 2.53. The van der Waals surface area contributed by atoms with Crippen molar-refractivity contribution in [3.63, 3.8) is 0 Å². The van der Waals surface area contributed by atoms with Crippen molar-refractivity contribution in [1.82, 2.24) is 15.1 Å². The number of nitrogens with one attached hydrogen (secondary N) is 2. The molecule has 1 saturated carbocycles. The van der Waals surface area contributed by atoms with Crippen LogP contribution in [0.3, 0.4) is 0 Å². The fraction of sp³-hybridized carbons (Fsp3) is 0.500. The van der Waals surface area contributed by atoms with Gasteiger partial charge in [0.25, 0.3) is 0 Å². The Balaban J connectivity index is 1.74. The first-order valence-corrected chi connectivity index (χ1v) is 7.30. The highest BCUT2D eigenvalue weighted by Gasteiger charge is 2.16. The third-order valence-electron chi connectivity index (χ3n) is 3.70. The first-order chi connectivity index (χ1) is 10.2. The Kier molecular flexibility index (Phi) is 3.89. The van der Waals surface area contributed by atoms with Crippen LogP contribution in [0.1, 0.15) is 37.9 Å². The van der Waals surface area contributed by atoms with Crippen LogP contribution in [0.4, 0.5) is 23.1 Å². The molecule has 0 amide bonds. The van der Waals surface area contributed by atoms with Gasteiger partial charge in [-0.1, -0.05) is 24.4 Å². The summed E-state index contributed by atoms with van der Waals surface area (Å²) in [4.78, 5) is 8.42. The second-order valence-corrected chi connectivity index (χ2v) is 5.41.